The standard InChI is InChI=1S/C14H16N2O2S/c1-17-11-4-2-3-10(7-11)13-9-19-14(16-13)12-8-18-6-5-15-12/h2-4,7,9,12,15H,5-6,8H2,1H3. The van der Waals surface area contributed by atoms with E-state index in [2.05, 4.69) is 10.7 Å². The lowest BCUT2D eigenvalue weighted by molar-refractivity contribution is 0.0768. The molecule has 3 rings (SSSR count). The first-order chi connectivity index (χ1) is 9.36. The van der Waals surface area contributed by atoms with Crippen molar-refractivity contribution in [1.29, 1.82) is 0 Å². The third-order valence-corrected chi connectivity index (χ3v) is 4.07. The van der Waals surface area contributed by atoms with E-state index in [1.165, 1.54) is 0 Å². The van der Waals surface area contributed by atoms with Gasteiger partial charge in [0.05, 0.1) is 32.1 Å². The van der Waals surface area contributed by atoms with E-state index in [1.54, 1.807) is 18.4 Å². The molecule has 1 aromatic carbocycles. The normalized spacial score (nSPS) is 19.3. The SMILES string of the molecule is COc1cccc(-c2csc(C3COCCN3)n2)c1. The number of rotatable bonds is 3. The van der Waals surface area contributed by atoms with E-state index >= 15 is 0 Å². The molecule has 1 saturated heterocycles. The van der Waals surface area contributed by atoms with Gasteiger partial charge < -0.3 is 14.8 Å². The van der Waals surface area contributed by atoms with E-state index in [1.807, 2.05) is 24.3 Å². The molecule has 1 aromatic heterocycles. The maximum Gasteiger partial charge on any atom is 0.119 e. The molecular weight excluding hydrogens is 260 g/mol. The summed E-state index contributed by atoms with van der Waals surface area (Å²) in [6.07, 6.45) is 0. The highest BCUT2D eigenvalue weighted by atomic mass is 32.1. The number of ether oxygens (including phenoxy) is 2. The monoisotopic (exact) mass is 276 g/mol. The van der Waals surface area contributed by atoms with E-state index in [0.717, 1.165) is 35.2 Å². The molecule has 0 amide bonds. The Morgan fingerprint density at radius 1 is 1.47 bits per heavy atom. The Bertz CT molecular complexity index is 550. The molecule has 1 aliphatic heterocycles. The molecule has 0 saturated carbocycles. The van der Waals surface area contributed by atoms with Gasteiger partial charge in [0.1, 0.15) is 10.8 Å². The average Bonchev–Trinajstić information content (AvgIpc) is 2.98. The van der Waals surface area contributed by atoms with Crippen molar-refractivity contribution in [2.24, 2.45) is 0 Å². The topological polar surface area (TPSA) is 43.4 Å². The van der Waals surface area contributed by atoms with Gasteiger partial charge in [0, 0.05) is 17.5 Å². The van der Waals surface area contributed by atoms with Gasteiger partial charge in [0.2, 0.25) is 0 Å². The summed E-state index contributed by atoms with van der Waals surface area (Å²) < 4.78 is 10.7. The number of hydrogen-bond acceptors (Lipinski definition) is 5. The van der Waals surface area contributed by atoms with Crippen molar-refractivity contribution in [3.63, 3.8) is 0 Å². The Morgan fingerprint density at radius 2 is 2.42 bits per heavy atom. The summed E-state index contributed by atoms with van der Waals surface area (Å²) in [7, 11) is 1.68. The van der Waals surface area contributed by atoms with Crippen LogP contribution in [-0.4, -0.2) is 31.9 Å². The summed E-state index contributed by atoms with van der Waals surface area (Å²) in [4.78, 5) is 4.70. The van der Waals surface area contributed by atoms with Crippen molar-refractivity contribution in [1.82, 2.24) is 10.3 Å². The number of nitrogens with one attached hydrogen (secondary N) is 1. The maximum absolute atomic E-state index is 5.47. The van der Waals surface area contributed by atoms with Gasteiger partial charge in [-0.3, -0.25) is 0 Å². The zero-order valence-corrected chi connectivity index (χ0v) is 11.6. The minimum absolute atomic E-state index is 0.220. The van der Waals surface area contributed by atoms with Gasteiger partial charge in [-0.2, -0.15) is 0 Å². The third kappa shape index (κ3) is 2.78. The molecule has 0 bridgehead atoms. The molecule has 1 unspecified atom stereocenters. The highest BCUT2D eigenvalue weighted by molar-refractivity contribution is 7.10. The molecule has 19 heavy (non-hydrogen) atoms. The molecule has 1 aliphatic rings. The van der Waals surface area contributed by atoms with E-state index in [0.29, 0.717) is 6.61 Å². The van der Waals surface area contributed by atoms with Crippen LogP contribution in [0.5, 0.6) is 5.75 Å². The molecule has 0 aliphatic carbocycles. The first-order valence-electron chi connectivity index (χ1n) is 6.28. The highest BCUT2D eigenvalue weighted by Gasteiger charge is 2.18. The zero-order valence-electron chi connectivity index (χ0n) is 10.8. The van der Waals surface area contributed by atoms with Gasteiger partial charge in [0.15, 0.2) is 0 Å². The van der Waals surface area contributed by atoms with Gasteiger partial charge in [-0.15, -0.1) is 11.3 Å². The van der Waals surface area contributed by atoms with Crippen molar-refractivity contribution >= 4 is 11.3 Å². The van der Waals surface area contributed by atoms with Crippen molar-refractivity contribution in [2.45, 2.75) is 6.04 Å². The molecule has 2 aromatic rings. The molecule has 1 fully saturated rings. The lowest BCUT2D eigenvalue weighted by Crippen LogP contribution is -2.34. The molecule has 2 heterocycles. The molecule has 4 nitrogen and oxygen atoms in total. The van der Waals surface area contributed by atoms with Gasteiger partial charge in [-0.25, -0.2) is 4.98 Å². The predicted octanol–water partition coefficient (Wildman–Crippen LogP) is 2.48. The third-order valence-electron chi connectivity index (χ3n) is 3.11. The fourth-order valence-corrected chi connectivity index (χ4v) is 2.97. The van der Waals surface area contributed by atoms with Crippen LogP contribution in [0.15, 0.2) is 29.6 Å². The largest absolute Gasteiger partial charge is 0.497 e. The summed E-state index contributed by atoms with van der Waals surface area (Å²) >= 11 is 1.67. The predicted molar refractivity (Wildman–Crippen MR) is 75.7 cm³/mol. The number of benzene rings is 1. The Kier molecular flexibility index (Phi) is 3.77. The van der Waals surface area contributed by atoms with Crippen LogP contribution in [0.4, 0.5) is 0 Å². The van der Waals surface area contributed by atoms with Crippen molar-refractivity contribution in [2.75, 3.05) is 26.9 Å². The Hall–Kier alpha value is -1.43. The van der Waals surface area contributed by atoms with Crippen LogP contribution in [-0.2, 0) is 4.74 Å². The fourth-order valence-electron chi connectivity index (χ4n) is 2.09. The summed E-state index contributed by atoms with van der Waals surface area (Å²) in [5.41, 5.74) is 2.07. The molecule has 0 spiro atoms. The zero-order chi connectivity index (χ0) is 13.1. The van der Waals surface area contributed by atoms with Gasteiger partial charge in [-0.1, -0.05) is 12.1 Å². The smallest absolute Gasteiger partial charge is 0.119 e. The molecule has 1 N–H and O–H groups in total. The Labute approximate surface area is 116 Å². The van der Waals surface area contributed by atoms with Gasteiger partial charge in [0.25, 0.3) is 0 Å². The maximum atomic E-state index is 5.47. The van der Waals surface area contributed by atoms with Crippen LogP contribution in [0.25, 0.3) is 11.3 Å². The molecular formula is C14H16N2O2S. The fraction of sp³-hybridized carbons (Fsp3) is 0.357. The second-order valence-corrected chi connectivity index (χ2v) is 5.27. The van der Waals surface area contributed by atoms with Crippen molar-refractivity contribution in [3.8, 4) is 17.0 Å². The van der Waals surface area contributed by atoms with Gasteiger partial charge in [-0.05, 0) is 12.1 Å². The first kappa shape index (κ1) is 12.6. The van der Waals surface area contributed by atoms with Crippen molar-refractivity contribution < 1.29 is 9.47 Å². The van der Waals surface area contributed by atoms with Crippen molar-refractivity contribution in [3.05, 3.63) is 34.7 Å². The number of aromatic nitrogens is 1. The molecule has 0 radical (unpaired) electrons. The van der Waals surface area contributed by atoms with E-state index < -0.39 is 0 Å². The summed E-state index contributed by atoms with van der Waals surface area (Å²) in [6.45, 7) is 2.37. The lowest BCUT2D eigenvalue weighted by Gasteiger charge is -2.21. The first-order valence-corrected chi connectivity index (χ1v) is 7.16. The highest BCUT2D eigenvalue weighted by Crippen LogP contribution is 2.28. The van der Waals surface area contributed by atoms with E-state index in [-0.39, 0.29) is 6.04 Å². The second-order valence-electron chi connectivity index (χ2n) is 4.38. The average molecular weight is 276 g/mol. The summed E-state index contributed by atoms with van der Waals surface area (Å²) in [5.74, 6) is 0.853. The number of nitrogens with zero attached hydrogens (tertiary/aromatic N) is 1. The number of thiazole rings is 1. The van der Waals surface area contributed by atoms with Crippen LogP contribution in [0.3, 0.4) is 0 Å². The minimum Gasteiger partial charge on any atom is -0.497 e. The summed E-state index contributed by atoms with van der Waals surface area (Å²) in [5, 5.41) is 6.59. The second kappa shape index (κ2) is 5.69. The quantitative estimate of drug-likeness (QED) is 0.935. The Balaban J connectivity index is 1.83. The Morgan fingerprint density at radius 3 is 3.21 bits per heavy atom. The lowest BCUT2D eigenvalue weighted by atomic mass is 10.1. The van der Waals surface area contributed by atoms with Crippen LogP contribution < -0.4 is 10.1 Å². The van der Waals surface area contributed by atoms with E-state index in [4.69, 9.17) is 14.5 Å². The molecule has 1 atom stereocenters. The minimum atomic E-state index is 0.220. The molecule has 100 valence electrons. The van der Waals surface area contributed by atoms with Crippen LogP contribution >= 0.6 is 11.3 Å². The van der Waals surface area contributed by atoms with Crippen LogP contribution in [0.2, 0.25) is 0 Å². The number of methoxy groups -OCH3 is 1. The molecule has 5 heteroatoms. The van der Waals surface area contributed by atoms with Gasteiger partial charge >= 0.3 is 0 Å². The van der Waals surface area contributed by atoms with E-state index in [9.17, 15) is 0 Å². The van der Waals surface area contributed by atoms with Crippen LogP contribution in [0, 0.1) is 0 Å². The number of morpholine rings is 1. The number of hydrogen-bond donors (Lipinski definition) is 1. The van der Waals surface area contributed by atoms with Crippen LogP contribution in [0.1, 0.15) is 11.0 Å². The summed E-state index contributed by atoms with van der Waals surface area (Å²) in [6, 6.07) is 8.19.